The van der Waals surface area contributed by atoms with Gasteiger partial charge in [0.15, 0.2) is 0 Å². The summed E-state index contributed by atoms with van der Waals surface area (Å²) in [5.74, 6) is -0.222. The minimum Gasteiger partial charge on any atom is -0.352 e. The number of aromatic amines is 1. The summed E-state index contributed by atoms with van der Waals surface area (Å²) >= 11 is 1.52. The second kappa shape index (κ2) is 6.79. The molecule has 3 aromatic heterocycles. The molecular weight excluding hydrogens is 326 g/mol. The number of carbonyl (C=O) groups excluding carboxylic acids is 1. The summed E-state index contributed by atoms with van der Waals surface area (Å²) in [6, 6.07) is 4.83. The molecule has 0 fully saturated rings. The van der Waals surface area contributed by atoms with Crippen molar-refractivity contribution in [2.45, 2.75) is 20.3 Å². The first-order chi connectivity index (χ1) is 11.5. The summed E-state index contributed by atoms with van der Waals surface area (Å²) in [5.41, 5.74) is 3.10. The monoisotopic (exact) mass is 343 g/mol. The maximum atomic E-state index is 12.0. The maximum Gasteiger partial charge on any atom is 0.252 e. The number of hydrogen-bond acceptors (Lipinski definition) is 5. The van der Waals surface area contributed by atoms with Crippen LogP contribution in [0.3, 0.4) is 0 Å². The predicted molar refractivity (Wildman–Crippen MR) is 91.8 cm³/mol. The Labute approximate surface area is 142 Å². The summed E-state index contributed by atoms with van der Waals surface area (Å²) in [5, 5.41) is 10.0. The van der Waals surface area contributed by atoms with Crippen LogP contribution in [0.1, 0.15) is 27.4 Å². The van der Waals surface area contributed by atoms with Gasteiger partial charge in [0, 0.05) is 36.3 Å². The van der Waals surface area contributed by atoms with E-state index in [2.05, 4.69) is 20.4 Å². The van der Waals surface area contributed by atoms with Crippen LogP contribution in [0.4, 0.5) is 0 Å². The highest BCUT2D eigenvalue weighted by Crippen LogP contribution is 2.17. The molecule has 0 saturated heterocycles. The van der Waals surface area contributed by atoms with E-state index in [-0.39, 0.29) is 11.5 Å². The van der Waals surface area contributed by atoms with E-state index in [9.17, 15) is 9.59 Å². The van der Waals surface area contributed by atoms with Crippen molar-refractivity contribution in [2.75, 3.05) is 6.54 Å². The fourth-order valence-electron chi connectivity index (χ4n) is 2.29. The number of amides is 1. The summed E-state index contributed by atoms with van der Waals surface area (Å²) in [6.07, 6.45) is 2.03. The first-order valence-electron chi connectivity index (χ1n) is 7.48. The highest BCUT2D eigenvalue weighted by molar-refractivity contribution is 7.12. The van der Waals surface area contributed by atoms with Crippen LogP contribution in [0.5, 0.6) is 0 Å². The van der Waals surface area contributed by atoms with E-state index in [1.807, 2.05) is 30.0 Å². The molecule has 0 unspecified atom stereocenters. The largest absolute Gasteiger partial charge is 0.352 e. The summed E-state index contributed by atoms with van der Waals surface area (Å²) in [6.45, 7) is 4.41. The fourth-order valence-corrected chi connectivity index (χ4v) is 3.16. The van der Waals surface area contributed by atoms with Gasteiger partial charge in [-0.05, 0) is 26.0 Å². The van der Waals surface area contributed by atoms with Crippen LogP contribution >= 0.6 is 11.3 Å². The van der Waals surface area contributed by atoms with Gasteiger partial charge in [0.25, 0.3) is 5.91 Å². The van der Waals surface area contributed by atoms with Gasteiger partial charge in [0.2, 0.25) is 10.7 Å². The van der Waals surface area contributed by atoms with E-state index in [4.69, 9.17) is 0 Å². The highest BCUT2D eigenvalue weighted by Gasteiger charge is 2.09. The van der Waals surface area contributed by atoms with Crippen LogP contribution in [0.15, 0.2) is 34.6 Å². The van der Waals surface area contributed by atoms with Gasteiger partial charge in [-0.2, -0.15) is 5.10 Å². The second-order valence-corrected chi connectivity index (χ2v) is 6.24. The molecule has 0 aliphatic carbocycles. The lowest BCUT2D eigenvalue weighted by atomic mass is 10.2. The molecule has 0 aliphatic rings. The van der Waals surface area contributed by atoms with E-state index < -0.39 is 0 Å². The molecule has 3 heterocycles. The van der Waals surface area contributed by atoms with Crippen LogP contribution in [0, 0.1) is 13.8 Å². The Hall–Kier alpha value is -2.74. The predicted octanol–water partition coefficient (Wildman–Crippen LogP) is 1.61. The Kier molecular flexibility index (Phi) is 4.57. The molecule has 0 saturated carbocycles. The first-order valence-corrected chi connectivity index (χ1v) is 8.36. The Balaban J connectivity index is 1.58. The van der Waals surface area contributed by atoms with Crippen molar-refractivity contribution >= 4 is 17.2 Å². The van der Waals surface area contributed by atoms with Crippen molar-refractivity contribution in [1.82, 2.24) is 25.1 Å². The Morgan fingerprint density at radius 1 is 1.38 bits per heavy atom. The fraction of sp³-hybridized carbons (Fsp3) is 0.250. The Morgan fingerprint density at radius 2 is 2.21 bits per heavy atom. The van der Waals surface area contributed by atoms with Gasteiger partial charge < -0.3 is 10.3 Å². The summed E-state index contributed by atoms with van der Waals surface area (Å²) < 4.78 is 1.82. The van der Waals surface area contributed by atoms with Crippen molar-refractivity contribution in [1.29, 1.82) is 0 Å². The molecule has 2 N–H and O–H groups in total. The number of nitrogens with zero attached hydrogens (tertiary/aromatic N) is 3. The van der Waals surface area contributed by atoms with Gasteiger partial charge in [0.05, 0.1) is 17.0 Å². The molecule has 3 aromatic rings. The van der Waals surface area contributed by atoms with Crippen molar-refractivity contribution in [3.63, 3.8) is 0 Å². The number of rotatable bonds is 5. The summed E-state index contributed by atoms with van der Waals surface area (Å²) in [7, 11) is 0. The third kappa shape index (κ3) is 3.60. The lowest BCUT2D eigenvalue weighted by molar-refractivity contribution is 0.0953. The normalized spacial score (nSPS) is 10.8. The molecule has 0 spiro atoms. The first kappa shape index (κ1) is 16.1. The SMILES string of the molecule is Cc1cc(C)n(-c2nc(CCNC(=O)c3ccc(=O)[nH]c3)cs2)n1. The smallest absolute Gasteiger partial charge is 0.252 e. The van der Waals surface area contributed by atoms with Crippen molar-refractivity contribution in [3.8, 4) is 5.13 Å². The standard InChI is InChI=1S/C16H17N5O2S/c1-10-7-11(2)21(20-10)16-19-13(9-24-16)5-6-17-15(23)12-3-4-14(22)18-8-12/h3-4,7-9H,5-6H2,1-2H3,(H,17,23)(H,18,22). The van der Waals surface area contributed by atoms with Gasteiger partial charge in [0.1, 0.15) is 0 Å². The van der Waals surface area contributed by atoms with Gasteiger partial charge in [-0.25, -0.2) is 9.67 Å². The molecule has 124 valence electrons. The lowest BCUT2D eigenvalue weighted by Gasteiger charge is -2.03. The Morgan fingerprint density at radius 3 is 2.88 bits per heavy atom. The highest BCUT2D eigenvalue weighted by atomic mass is 32.1. The second-order valence-electron chi connectivity index (χ2n) is 5.41. The lowest BCUT2D eigenvalue weighted by Crippen LogP contribution is -2.26. The number of pyridine rings is 1. The van der Waals surface area contributed by atoms with Crippen LogP contribution in [0.2, 0.25) is 0 Å². The van der Waals surface area contributed by atoms with E-state index in [0.717, 1.165) is 22.2 Å². The number of nitrogens with one attached hydrogen (secondary N) is 2. The van der Waals surface area contributed by atoms with Gasteiger partial charge in [-0.3, -0.25) is 9.59 Å². The molecule has 0 bridgehead atoms. The minimum atomic E-state index is -0.231. The van der Waals surface area contributed by atoms with Crippen LogP contribution in [-0.2, 0) is 6.42 Å². The average molecular weight is 343 g/mol. The third-order valence-electron chi connectivity index (χ3n) is 3.44. The molecule has 0 radical (unpaired) electrons. The molecule has 8 heteroatoms. The van der Waals surface area contributed by atoms with Gasteiger partial charge in [-0.1, -0.05) is 0 Å². The van der Waals surface area contributed by atoms with Crippen LogP contribution < -0.4 is 10.9 Å². The number of hydrogen-bond donors (Lipinski definition) is 2. The molecule has 0 aromatic carbocycles. The van der Waals surface area contributed by atoms with Crippen LogP contribution in [-0.4, -0.2) is 32.2 Å². The average Bonchev–Trinajstić information content (AvgIpc) is 3.14. The quantitative estimate of drug-likeness (QED) is 0.736. The number of thiazole rings is 1. The van der Waals surface area contributed by atoms with E-state index in [0.29, 0.717) is 18.5 Å². The molecule has 24 heavy (non-hydrogen) atoms. The van der Waals surface area contributed by atoms with E-state index in [1.54, 1.807) is 0 Å². The number of aromatic nitrogens is 4. The van der Waals surface area contributed by atoms with Crippen molar-refractivity contribution in [3.05, 3.63) is 62.8 Å². The zero-order chi connectivity index (χ0) is 17.1. The zero-order valence-corrected chi connectivity index (χ0v) is 14.2. The molecule has 0 aliphatic heterocycles. The number of aryl methyl sites for hydroxylation is 2. The molecule has 0 atom stereocenters. The number of carbonyl (C=O) groups is 1. The molecule has 1 amide bonds. The third-order valence-corrected chi connectivity index (χ3v) is 4.31. The van der Waals surface area contributed by atoms with Crippen molar-refractivity contribution < 1.29 is 4.79 Å². The minimum absolute atomic E-state index is 0.222. The number of H-pyrrole nitrogens is 1. The van der Waals surface area contributed by atoms with Crippen molar-refractivity contribution in [2.24, 2.45) is 0 Å². The zero-order valence-electron chi connectivity index (χ0n) is 13.4. The van der Waals surface area contributed by atoms with E-state index >= 15 is 0 Å². The maximum absolute atomic E-state index is 12.0. The molecular formula is C16H17N5O2S. The van der Waals surface area contributed by atoms with Gasteiger partial charge in [-0.15, -0.1) is 11.3 Å². The Bertz CT molecular complexity index is 904. The summed E-state index contributed by atoms with van der Waals surface area (Å²) in [4.78, 5) is 30.0. The molecule has 3 rings (SSSR count). The van der Waals surface area contributed by atoms with Crippen LogP contribution in [0.25, 0.3) is 5.13 Å². The van der Waals surface area contributed by atoms with E-state index in [1.165, 1.54) is 29.7 Å². The molecule has 7 nitrogen and oxygen atoms in total. The van der Waals surface area contributed by atoms with Gasteiger partial charge >= 0.3 is 0 Å². The topological polar surface area (TPSA) is 92.7 Å².